The lowest BCUT2D eigenvalue weighted by atomic mass is 10.1. The molecule has 25 heavy (non-hydrogen) atoms. The van der Waals surface area contributed by atoms with Crippen LogP contribution in [0.3, 0.4) is 0 Å². The highest BCUT2D eigenvalue weighted by molar-refractivity contribution is 6.29. The van der Waals surface area contributed by atoms with Gasteiger partial charge in [-0.25, -0.2) is 4.39 Å². The van der Waals surface area contributed by atoms with E-state index in [4.69, 9.17) is 20.9 Å². The fraction of sp³-hybridized carbons (Fsp3) is 0.333. The summed E-state index contributed by atoms with van der Waals surface area (Å²) in [6.07, 6.45) is 0.526. The van der Waals surface area contributed by atoms with Gasteiger partial charge in [-0.1, -0.05) is 30.3 Å². The Morgan fingerprint density at radius 1 is 1.36 bits per heavy atom. The molecule has 7 heteroatoms. The van der Waals surface area contributed by atoms with Gasteiger partial charge < -0.3 is 14.2 Å². The van der Waals surface area contributed by atoms with E-state index in [2.05, 4.69) is 5.16 Å². The SMILES string of the molecule is CCC(=O)N(Cc1ccccc1F)C[C@H]1CC(c2ccc(Cl)o2)=NO1. The van der Waals surface area contributed by atoms with Crippen LogP contribution in [0, 0.1) is 5.82 Å². The van der Waals surface area contributed by atoms with E-state index < -0.39 is 0 Å². The van der Waals surface area contributed by atoms with Crippen molar-refractivity contribution >= 4 is 23.2 Å². The summed E-state index contributed by atoms with van der Waals surface area (Å²) in [5.41, 5.74) is 1.12. The average Bonchev–Trinajstić information content (AvgIpc) is 3.24. The molecule has 1 aliphatic heterocycles. The molecule has 1 amide bonds. The number of amides is 1. The molecule has 1 aromatic carbocycles. The van der Waals surface area contributed by atoms with Crippen LogP contribution in [0.1, 0.15) is 31.1 Å². The van der Waals surface area contributed by atoms with Crippen molar-refractivity contribution in [2.45, 2.75) is 32.4 Å². The molecular formula is C18H18ClFN2O3. The zero-order valence-corrected chi connectivity index (χ0v) is 14.5. The minimum atomic E-state index is -0.328. The molecule has 0 N–H and O–H groups in total. The molecule has 0 saturated carbocycles. The molecule has 0 spiro atoms. The maximum absolute atomic E-state index is 13.9. The Morgan fingerprint density at radius 2 is 2.16 bits per heavy atom. The van der Waals surface area contributed by atoms with Crippen LogP contribution in [0.4, 0.5) is 4.39 Å². The van der Waals surface area contributed by atoms with Crippen molar-refractivity contribution in [1.82, 2.24) is 4.90 Å². The van der Waals surface area contributed by atoms with Gasteiger partial charge in [-0.3, -0.25) is 4.79 Å². The highest BCUT2D eigenvalue weighted by atomic mass is 35.5. The Kier molecular flexibility index (Phi) is 5.38. The first-order chi connectivity index (χ1) is 12.1. The minimum Gasteiger partial charge on any atom is -0.443 e. The standard InChI is InChI=1S/C18H18ClFN2O3/c1-2-18(23)22(10-12-5-3-4-6-14(12)20)11-13-9-15(21-25-13)16-7-8-17(19)24-16/h3-8,13H,2,9-11H2,1H3/t13-/m1/s1. The van der Waals surface area contributed by atoms with Crippen LogP contribution >= 0.6 is 11.6 Å². The lowest BCUT2D eigenvalue weighted by Gasteiger charge is -2.24. The molecule has 3 rings (SSSR count). The van der Waals surface area contributed by atoms with Crippen LogP contribution in [0.2, 0.25) is 5.22 Å². The number of hydrogen-bond donors (Lipinski definition) is 0. The number of oxime groups is 1. The summed E-state index contributed by atoms with van der Waals surface area (Å²) in [5.74, 6) is 0.155. The number of hydrogen-bond acceptors (Lipinski definition) is 4. The van der Waals surface area contributed by atoms with Crippen LogP contribution in [0.25, 0.3) is 0 Å². The molecular weight excluding hydrogens is 347 g/mol. The van der Waals surface area contributed by atoms with Gasteiger partial charge in [-0.05, 0) is 29.8 Å². The monoisotopic (exact) mass is 364 g/mol. The number of rotatable bonds is 6. The van der Waals surface area contributed by atoms with Crippen molar-refractivity contribution in [3.05, 3.63) is 58.8 Å². The third kappa shape index (κ3) is 4.20. The topological polar surface area (TPSA) is 55.0 Å². The van der Waals surface area contributed by atoms with E-state index in [9.17, 15) is 9.18 Å². The quantitative estimate of drug-likeness (QED) is 0.778. The highest BCUT2D eigenvalue weighted by Gasteiger charge is 2.28. The Labute approximate surface area is 150 Å². The molecule has 0 saturated heterocycles. The first-order valence-corrected chi connectivity index (χ1v) is 8.44. The summed E-state index contributed by atoms with van der Waals surface area (Å²) >= 11 is 5.77. The number of furan rings is 1. The van der Waals surface area contributed by atoms with Crippen LogP contribution < -0.4 is 0 Å². The molecule has 0 bridgehead atoms. The van der Waals surface area contributed by atoms with E-state index in [1.165, 1.54) is 6.07 Å². The van der Waals surface area contributed by atoms with Gasteiger partial charge in [-0.15, -0.1) is 0 Å². The van der Waals surface area contributed by atoms with Crippen molar-refractivity contribution in [1.29, 1.82) is 0 Å². The molecule has 0 aliphatic carbocycles. The normalized spacial score (nSPS) is 16.4. The van der Waals surface area contributed by atoms with Gasteiger partial charge in [0.2, 0.25) is 5.91 Å². The molecule has 2 aromatic rings. The third-order valence-electron chi connectivity index (χ3n) is 3.99. The number of nitrogens with zero attached hydrogens (tertiary/aromatic N) is 2. The van der Waals surface area contributed by atoms with E-state index in [0.717, 1.165) is 0 Å². The summed E-state index contributed by atoms with van der Waals surface area (Å²) in [7, 11) is 0. The van der Waals surface area contributed by atoms with E-state index >= 15 is 0 Å². The second-order valence-corrected chi connectivity index (χ2v) is 6.17. The Bertz CT molecular complexity index is 790. The average molecular weight is 365 g/mol. The molecule has 1 aromatic heterocycles. The predicted molar refractivity (Wildman–Crippen MR) is 91.9 cm³/mol. The van der Waals surface area contributed by atoms with Gasteiger partial charge in [0.15, 0.2) is 17.1 Å². The van der Waals surface area contributed by atoms with Crippen LogP contribution in [-0.4, -0.2) is 29.2 Å². The smallest absolute Gasteiger partial charge is 0.222 e. The van der Waals surface area contributed by atoms with Gasteiger partial charge >= 0.3 is 0 Å². The van der Waals surface area contributed by atoms with Gasteiger partial charge in [0.1, 0.15) is 11.5 Å². The Hall–Kier alpha value is -2.34. The number of carbonyl (C=O) groups is 1. The maximum Gasteiger partial charge on any atom is 0.222 e. The fourth-order valence-corrected chi connectivity index (χ4v) is 2.84. The first kappa shape index (κ1) is 17.5. The van der Waals surface area contributed by atoms with Crippen LogP contribution in [0.15, 0.2) is 46.0 Å². The summed E-state index contributed by atoms with van der Waals surface area (Å²) < 4.78 is 19.2. The molecule has 1 aliphatic rings. The van der Waals surface area contributed by atoms with Crippen molar-refractivity contribution in [2.24, 2.45) is 5.16 Å². The molecule has 0 radical (unpaired) electrons. The molecule has 5 nitrogen and oxygen atoms in total. The second kappa shape index (κ2) is 7.70. The number of halogens is 2. The van der Waals surface area contributed by atoms with Gasteiger partial charge in [0.25, 0.3) is 0 Å². The predicted octanol–water partition coefficient (Wildman–Crippen LogP) is 4.00. The third-order valence-corrected chi connectivity index (χ3v) is 4.19. The fourth-order valence-electron chi connectivity index (χ4n) is 2.70. The van der Waals surface area contributed by atoms with Crippen LogP contribution in [-0.2, 0) is 16.2 Å². The van der Waals surface area contributed by atoms with E-state index in [-0.39, 0.29) is 29.6 Å². The summed E-state index contributed by atoms with van der Waals surface area (Å²) in [4.78, 5) is 19.3. The zero-order chi connectivity index (χ0) is 17.8. The largest absolute Gasteiger partial charge is 0.443 e. The lowest BCUT2D eigenvalue weighted by molar-refractivity contribution is -0.133. The van der Waals surface area contributed by atoms with E-state index in [1.807, 2.05) is 0 Å². The maximum atomic E-state index is 13.9. The molecule has 132 valence electrons. The van der Waals surface area contributed by atoms with Crippen LogP contribution in [0.5, 0.6) is 0 Å². The Balaban J connectivity index is 1.66. The Morgan fingerprint density at radius 3 is 2.84 bits per heavy atom. The second-order valence-electron chi connectivity index (χ2n) is 5.79. The van der Waals surface area contributed by atoms with E-state index in [1.54, 1.807) is 42.2 Å². The summed E-state index contributed by atoms with van der Waals surface area (Å²) in [6.45, 7) is 2.29. The lowest BCUT2D eigenvalue weighted by Crippen LogP contribution is -2.37. The minimum absolute atomic E-state index is 0.0682. The first-order valence-electron chi connectivity index (χ1n) is 8.06. The number of benzene rings is 1. The van der Waals surface area contributed by atoms with Crippen molar-refractivity contribution < 1.29 is 18.4 Å². The van der Waals surface area contributed by atoms with Crippen molar-refractivity contribution in [2.75, 3.05) is 6.54 Å². The van der Waals surface area contributed by atoms with Crippen molar-refractivity contribution in [3.8, 4) is 0 Å². The summed E-state index contributed by atoms with van der Waals surface area (Å²) in [6, 6.07) is 9.80. The highest BCUT2D eigenvalue weighted by Crippen LogP contribution is 2.22. The zero-order valence-electron chi connectivity index (χ0n) is 13.7. The summed E-state index contributed by atoms with van der Waals surface area (Å²) in [5, 5.41) is 4.30. The van der Waals surface area contributed by atoms with Gasteiger partial charge in [0, 0.05) is 24.9 Å². The number of carbonyl (C=O) groups excluding carboxylic acids is 1. The molecule has 0 fully saturated rings. The van der Waals surface area contributed by atoms with E-state index in [0.29, 0.717) is 36.4 Å². The van der Waals surface area contributed by atoms with Gasteiger partial charge in [0.05, 0.1) is 6.54 Å². The molecule has 0 unspecified atom stereocenters. The van der Waals surface area contributed by atoms with Crippen molar-refractivity contribution in [3.63, 3.8) is 0 Å². The molecule has 2 heterocycles. The molecule has 1 atom stereocenters. The van der Waals surface area contributed by atoms with Gasteiger partial charge in [-0.2, -0.15) is 0 Å².